The van der Waals surface area contributed by atoms with Crippen LogP contribution in [0.15, 0.2) is 140 Å². The van der Waals surface area contributed by atoms with Gasteiger partial charge in [-0.2, -0.15) is 0 Å². The Morgan fingerprint density at radius 1 is 0.516 bits per heavy atom. The van der Waals surface area contributed by atoms with Crippen LogP contribution in [0.3, 0.4) is 0 Å². The minimum absolute atomic E-state index is 0.00827. The highest BCUT2D eigenvalue weighted by Gasteiger charge is 2.65. The van der Waals surface area contributed by atoms with E-state index < -0.39 is 5.41 Å². The van der Waals surface area contributed by atoms with Crippen molar-refractivity contribution in [1.82, 2.24) is 0 Å². The van der Waals surface area contributed by atoms with Gasteiger partial charge in [0.15, 0.2) is 0 Å². The zero-order chi connectivity index (χ0) is 41.0. The molecule has 4 saturated carbocycles. The fourth-order valence-electron chi connectivity index (χ4n) is 15.6. The standard InChI is InChI=1S/C58H49BN2O/c1-33-25-36(56(2,3)4)32-39(26-33)60-47-19-11-16-43-52(47)59-53-44(57(43)37-28-34-27-35(30-37)31-38(57)29-34)17-12-20-48(53)61-46-18-8-5-13-40(46)58(45-23-24-49(60)54(59)55(45)61)41-14-6-9-21-50(41)62-51-22-10-7-15-42(51)58/h5-26,32,34-35,37-38H,27-31H2,1-4H3. The summed E-state index contributed by atoms with van der Waals surface area (Å²) in [6.45, 7) is 9.48. The molecule has 7 aromatic carbocycles. The van der Waals surface area contributed by atoms with Crippen molar-refractivity contribution in [3.8, 4) is 11.5 Å². The molecule has 2 spiro atoms. The summed E-state index contributed by atoms with van der Waals surface area (Å²) in [5, 5.41) is 0. The monoisotopic (exact) mass is 800 g/mol. The molecule has 300 valence electrons. The van der Waals surface area contributed by atoms with E-state index in [0.29, 0.717) is 11.8 Å². The van der Waals surface area contributed by atoms with Crippen LogP contribution in [0.4, 0.5) is 34.1 Å². The van der Waals surface area contributed by atoms with E-state index in [0.717, 1.165) is 23.3 Å². The molecule has 0 unspecified atom stereocenters. The summed E-state index contributed by atoms with van der Waals surface area (Å²) in [5.74, 6) is 4.96. The third-order valence-corrected chi connectivity index (χ3v) is 17.4. The number of hydrogen-bond acceptors (Lipinski definition) is 3. The number of aryl methyl sites for hydroxylation is 1. The Kier molecular flexibility index (Phi) is 6.32. The molecule has 0 N–H and O–H groups in total. The minimum Gasteiger partial charge on any atom is -0.457 e. The molecule has 9 aliphatic rings. The van der Waals surface area contributed by atoms with Crippen molar-refractivity contribution in [2.45, 2.75) is 76.0 Å². The number of para-hydroxylation sites is 3. The largest absolute Gasteiger partial charge is 0.457 e. The minimum atomic E-state index is -0.595. The van der Waals surface area contributed by atoms with Gasteiger partial charge in [-0.25, -0.2) is 0 Å². The van der Waals surface area contributed by atoms with Gasteiger partial charge in [-0.15, -0.1) is 0 Å². The highest BCUT2D eigenvalue weighted by molar-refractivity contribution is 7.01. The van der Waals surface area contributed by atoms with Crippen molar-refractivity contribution in [2.75, 3.05) is 9.80 Å². The Hall–Kier alpha value is -6.00. The van der Waals surface area contributed by atoms with Crippen LogP contribution in [0.2, 0.25) is 0 Å². The normalized spacial score (nSPS) is 25.0. The van der Waals surface area contributed by atoms with Gasteiger partial charge < -0.3 is 14.5 Å². The maximum atomic E-state index is 6.85. The third-order valence-electron chi connectivity index (χ3n) is 17.4. The number of fused-ring (bicyclic) bond motifs is 9. The number of benzene rings is 7. The van der Waals surface area contributed by atoms with E-state index in [1.807, 2.05) is 0 Å². The molecular formula is C58H49BN2O. The Bertz CT molecular complexity index is 3100. The van der Waals surface area contributed by atoms with E-state index in [-0.39, 0.29) is 17.5 Å². The van der Waals surface area contributed by atoms with Crippen LogP contribution in [0, 0.1) is 30.6 Å². The van der Waals surface area contributed by atoms with Crippen LogP contribution in [-0.4, -0.2) is 6.71 Å². The van der Waals surface area contributed by atoms with Gasteiger partial charge in [0.1, 0.15) is 11.5 Å². The maximum Gasteiger partial charge on any atom is 0.252 e. The smallest absolute Gasteiger partial charge is 0.252 e. The second kappa shape index (κ2) is 11.3. The van der Waals surface area contributed by atoms with E-state index in [1.165, 1.54) is 105 Å². The third kappa shape index (κ3) is 3.87. The summed E-state index contributed by atoms with van der Waals surface area (Å²) in [6.07, 6.45) is 6.91. The molecule has 0 radical (unpaired) electrons. The first-order valence-electron chi connectivity index (χ1n) is 23.4. The van der Waals surface area contributed by atoms with Crippen molar-refractivity contribution < 1.29 is 4.74 Å². The quantitative estimate of drug-likeness (QED) is 0.154. The highest BCUT2D eigenvalue weighted by Crippen LogP contribution is 2.68. The first kappa shape index (κ1) is 34.6. The van der Waals surface area contributed by atoms with Crippen molar-refractivity contribution in [1.29, 1.82) is 0 Å². The molecule has 7 aromatic rings. The fourth-order valence-corrected chi connectivity index (χ4v) is 15.6. The summed E-state index contributed by atoms with van der Waals surface area (Å²) in [4.78, 5) is 5.44. The Morgan fingerprint density at radius 3 is 1.71 bits per heavy atom. The number of hydrogen-bond donors (Lipinski definition) is 0. The van der Waals surface area contributed by atoms with Gasteiger partial charge >= 0.3 is 0 Å². The van der Waals surface area contributed by atoms with E-state index in [1.54, 1.807) is 22.1 Å². The molecule has 4 aliphatic carbocycles. The molecule has 5 heterocycles. The second-order valence-corrected chi connectivity index (χ2v) is 21.3. The van der Waals surface area contributed by atoms with E-state index in [9.17, 15) is 0 Å². The van der Waals surface area contributed by atoms with Gasteiger partial charge in [-0.1, -0.05) is 112 Å². The van der Waals surface area contributed by atoms with Gasteiger partial charge in [0, 0.05) is 45.0 Å². The van der Waals surface area contributed by atoms with Crippen molar-refractivity contribution in [2.24, 2.45) is 23.7 Å². The van der Waals surface area contributed by atoms with E-state index in [2.05, 4.69) is 177 Å². The zero-order valence-electron chi connectivity index (χ0n) is 36.0. The average Bonchev–Trinajstić information content (AvgIpc) is 3.27. The van der Waals surface area contributed by atoms with Gasteiger partial charge in [-0.05, 0) is 166 Å². The summed E-state index contributed by atoms with van der Waals surface area (Å²) < 4.78 is 6.85. The average molecular weight is 801 g/mol. The van der Waals surface area contributed by atoms with Crippen molar-refractivity contribution in [3.05, 3.63) is 184 Å². The second-order valence-electron chi connectivity index (χ2n) is 21.3. The lowest BCUT2D eigenvalue weighted by atomic mass is 9.25. The van der Waals surface area contributed by atoms with Crippen LogP contribution in [0.5, 0.6) is 11.5 Å². The molecule has 4 bridgehead atoms. The zero-order valence-corrected chi connectivity index (χ0v) is 36.0. The van der Waals surface area contributed by atoms with E-state index >= 15 is 0 Å². The lowest BCUT2D eigenvalue weighted by Crippen LogP contribution is -2.71. The topological polar surface area (TPSA) is 15.7 Å². The molecule has 0 aromatic heterocycles. The van der Waals surface area contributed by atoms with Crippen LogP contribution < -0.4 is 30.9 Å². The van der Waals surface area contributed by atoms with Crippen LogP contribution >= 0.6 is 0 Å². The Morgan fingerprint density at radius 2 is 1.06 bits per heavy atom. The number of ether oxygens (including phenoxy) is 1. The van der Waals surface area contributed by atoms with Crippen LogP contribution in [0.1, 0.15) is 97.4 Å². The summed E-state index contributed by atoms with van der Waals surface area (Å²) >= 11 is 0. The number of rotatable bonds is 1. The van der Waals surface area contributed by atoms with E-state index in [4.69, 9.17) is 4.74 Å². The maximum absolute atomic E-state index is 6.85. The molecule has 0 atom stereocenters. The molecule has 3 nitrogen and oxygen atoms in total. The first-order chi connectivity index (χ1) is 30.3. The molecule has 16 rings (SSSR count). The van der Waals surface area contributed by atoms with Gasteiger partial charge in [0.25, 0.3) is 6.71 Å². The first-order valence-corrected chi connectivity index (χ1v) is 23.4. The number of nitrogens with zero attached hydrogens (tertiary/aromatic N) is 2. The fraction of sp³-hybridized carbons (Fsp3) is 0.276. The van der Waals surface area contributed by atoms with Gasteiger partial charge in [0.2, 0.25) is 0 Å². The number of anilines is 6. The Labute approximate surface area is 365 Å². The van der Waals surface area contributed by atoms with Gasteiger partial charge in [-0.3, -0.25) is 0 Å². The summed E-state index contributed by atoms with van der Waals surface area (Å²) in [5.41, 5.74) is 23.0. The predicted molar refractivity (Wildman–Crippen MR) is 254 cm³/mol. The lowest BCUT2D eigenvalue weighted by molar-refractivity contribution is -0.0412. The molecule has 0 amide bonds. The SMILES string of the molecule is Cc1cc(N2c3cccc4c3B3c5c(cccc5C45C4CC6CC(C4)CC5C6)N4c5ccccc5C5(c6ccccc6Oc6ccccc65)c5ccc2c3c54)cc(C(C)(C)C)c1. The molecule has 4 heteroatoms. The molecule has 4 fully saturated rings. The Balaban J connectivity index is 1.12. The highest BCUT2D eigenvalue weighted by atomic mass is 16.5. The van der Waals surface area contributed by atoms with Crippen LogP contribution in [-0.2, 0) is 16.2 Å². The predicted octanol–water partition coefficient (Wildman–Crippen LogP) is 12.2. The molecule has 5 aliphatic heterocycles. The van der Waals surface area contributed by atoms with Crippen LogP contribution in [0.25, 0.3) is 0 Å². The summed E-state index contributed by atoms with van der Waals surface area (Å²) in [6, 6.07) is 54.5. The van der Waals surface area contributed by atoms with Crippen molar-refractivity contribution in [3.63, 3.8) is 0 Å². The molecule has 0 saturated heterocycles. The van der Waals surface area contributed by atoms with Crippen molar-refractivity contribution >= 4 is 57.2 Å². The summed E-state index contributed by atoms with van der Waals surface area (Å²) in [7, 11) is 0. The van der Waals surface area contributed by atoms with Gasteiger partial charge in [0.05, 0.1) is 11.1 Å². The molecular weight excluding hydrogens is 751 g/mol. The lowest BCUT2D eigenvalue weighted by Gasteiger charge is -2.65. The molecule has 62 heavy (non-hydrogen) atoms.